The van der Waals surface area contributed by atoms with Crippen LogP contribution in [0.3, 0.4) is 0 Å². The summed E-state index contributed by atoms with van der Waals surface area (Å²) < 4.78 is 0. The maximum Gasteiger partial charge on any atom is 0.166 e. The van der Waals surface area contributed by atoms with Crippen molar-refractivity contribution >= 4 is 5.78 Å². The molecule has 0 amide bonds. The second kappa shape index (κ2) is 3.95. The Morgan fingerprint density at radius 2 is 2.06 bits per heavy atom. The summed E-state index contributed by atoms with van der Waals surface area (Å²) in [4.78, 5) is 12.2. The molecule has 0 aromatic carbocycles. The summed E-state index contributed by atoms with van der Waals surface area (Å²) in [6.07, 6.45) is 5.18. The maximum atomic E-state index is 12.2. The smallest absolute Gasteiger partial charge is 0.166 e. The molecule has 0 bridgehead atoms. The van der Waals surface area contributed by atoms with E-state index in [0.29, 0.717) is 0 Å². The van der Waals surface area contributed by atoms with Crippen LogP contribution < -0.4 is 0 Å². The molecule has 0 aromatic rings. The van der Waals surface area contributed by atoms with E-state index in [1.54, 1.807) is 13.8 Å². The Labute approximate surface area is 108 Å². The normalized spacial score (nSPS) is 36.8. The third kappa shape index (κ3) is 1.72. The number of hydrogen-bond acceptors (Lipinski definition) is 3. The second-order valence-electron chi connectivity index (χ2n) is 6.40. The van der Waals surface area contributed by atoms with E-state index in [4.69, 9.17) is 0 Å². The number of ketones is 1. The van der Waals surface area contributed by atoms with Crippen molar-refractivity contribution in [1.29, 1.82) is 0 Å². The molecule has 0 unspecified atom stereocenters. The lowest BCUT2D eigenvalue weighted by molar-refractivity contribution is -0.137. The first-order valence-corrected chi connectivity index (χ1v) is 6.57. The number of hydrogen-bond donors (Lipinski definition) is 2. The molecule has 100 valence electrons. The van der Waals surface area contributed by atoms with Crippen molar-refractivity contribution in [2.45, 2.75) is 46.1 Å². The fraction of sp³-hybridized carbons (Fsp3) is 0.667. The van der Waals surface area contributed by atoms with Crippen molar-refractivity contribution in [3.05, 3.63) is 23.5 Å². The Balaban J connectivity index is 2.64. The van der Waals surface area contributed by atoms with E-state index < -0.39 is 16.9 Å². The molecular weight excluding hydrogens is 228 g/mol. The molecule has 0 aliphatic heterocycles. The molecule has 2 rings (SSSR count). The van der Waals surface area contributed by atoms with Crippen molar-refractivity contribution in [3.8, 4) is 0 Å². The molecule has 2 aliphatic rings. The van der Waals surface area contributed by atoms with E-state index in [1.807, 2.05) is 13.0 Å². The van der Waals surface area contributed by atoms with E-state index in [1.165, 1.54) is 6.08 Å². The topological polar surface area (TPSA) is 57.5 Å². The molecule has 0 saturated carbocycles. The molecule has 0 radical (unpaired) electrons. The zero-order chi connectivity index (χ0) is 13.7. The van der Waals surface area contributed by atoms with Gasteiger partial charge in [-0.25, -0.2) is 0 Å². The van der Waals surface area contributed by atoms with Gasteiger partial charge < -0.3 is 10.2 Å². The second-order valence-corrected chi connectivity index (χ2v) is 6.40. The third-order valence-electron chi connectivity index (χ3n) is 4.70. The van der Waals surface area contributed by atoms with E-state index >= 15 is 0 Å². The van der Waals surface area contributed by atoms with Gasteiger partial charge in [-0.2, -0.15) is 0 Å². The Morgan fingerprint density at radius 3 is 2.61 bits per heavy atom. The quantitative estimate of drug-likeness (QED) is 0.752. The van der Waals surface area contributed by atoms with Gasteiger partial charge in [0, 0.05) is 11.5 Å². The van der Waals surface area contributed by atoms with Gasteiger partial charge in [0.05, 0.1) is 11.5 Å². The third-order valence-corrected chi connectivity index (χ3v) is 4.70. The van der Waals surface area contributed by atoms with Gasteiger partial charge in [0.2, 0.25) is 0 Å². The molecule has 0 heterocycles. The highest BCUT2D eigenvalue weighted by Crippen LogP contribution is 2.55. The van der Waals surface area contributed by atoms with Crippen molar-refractivity contribution in [2.24, 2.45) is 17.3 Å². The van der Waals surface area contributed by atoms with Crippen LogP contribution in [0.4, 0.5) is 0 Å². The fourth-order valence-electron chi connectivity index (χ4n) is 3.76. The number of allylic oxidation sites excluding steroid dienone is 3. The van der Waals surface area contributed by atoms with Gasteiger partial charge in [0.25, 0.3) is 0 Å². The highest BCUT2D eigenvalue weighted by atomic mass is 16.3. The lowest BCUT2D eigenvalue weighted by Gasteiger charge is -2.51. The van der Waals surface area contributed by atoms with Crippen molar-refractivity contribution in [3.63, 3.8) is 0 Å². The average molecular weight is 250 g/mol. The van der Waals surface area contributed by atoms with E-state index in [2.05, 4.69) is 6.92 Å². The number of carbonyl (C=O) groups excluding carboxylic acids is 1. The zero-order valence-corrected chi connectivity index (χ0v) is 11.5. The predicted octanol–water partition coefficient (Wildman–Crippen LogP) is 2.76. The molecule has 3 atom stereocenters. The minimum Gasteiger partial charge on any atom is -0.508 e. The summed E-state index contributed by atoms with van der Waals surface area (Å²) in [5.41, 5.74) is -0.742. The highest BCUT2D eigenvalue weighted by Gasteiger charge is 2.55. The average Bonchev–Trinajstić information content (AvgIpc) is 2.18. The molecule has 0 fully saturated rings. The van der Waals surface area contributed by atoms with Crippen LogP contribution in [0.2, 0.25) is 0 Å². The summed E-state index contributed by atoms with van der Waals surface area (Å²) in [5.74, 6) is -0.334. The zero-order valence-electron chi connectivity index (χ0n) is 11.5. The van der Waals surface area contributed by atoms with Crippen LogP contribution in [0.15, 0.2) is 23.5 Å². The van der Waals surface area contributed by atoms with E-state index in [-0.39, 0.29) is 17.5 Å². The van der Waals surface area contributed by atoms with E-state index in [9.17, 15) is 15.0 Å². The lowest BCUT2D eigenvalue weighted by atomic mass is 9.53. The number of aliphatic hydroxyl groups excluding tert-OH is 1. The minimum absolute atomic E-state index is 0.0783. The molecule has 3 nitrogen and oxygen atoms in total. The molecule has 2 N–H and O–H groups in total. The molecule has 0 spiro atoms. The summed E-state index contributed by atoms with van der Waals surface area (Å²) >= 11 is 0. The highest BCUT2D eigenvalue weighted by molar-refractivity contribution is 5.96. The summed E-state index contributed by atoms with van der Waals surface area (Å²) in [5, 5.41) is 20.4. The van der Waals surface area contributed by atoms with Crippen LogP contribution in [0.5, 0.6) is 0 Å². The largest absolute Gasteiger partial charge is 0.508 e. The van der Waals surface area contributed by atoms with Gasteiger partial charge in [-0.05, 0) is 38.2 Å². The van der Waals surface area contributed by atoms with E-state index in [0.717, 1.165) is 18.4 Å². The Bertz CT molecular complexity index is 439. The molecule has 18 heavy (non-hydrogen) atoms. The van der Waals surface area contributed by atoms with Crippen LogP contribution in [0.1, 0.15) is 40.5 Å². The SMILES string of the molecule is C[C@@H]1CCC=C2C(O)=CC(=O)[C@@H](C(C)(C)O)[C@]21C. The van der Waals surface area contributed by atoms with Crippen LogP contribution in [0.25, 0.3) is 0 Å². The standard InChI is InChI=1S/C15H22O3/c1-9-6-5-7-10-11(16)8-12(17)13(14(2,3)18)15(9,10)4/h7-9,13,16,18H,5-6H2,1-4H3/t9-,13+,15+/m1/s1. The first kappa shape index (κ1) is 13.3. The first-order valence-electron chi connectivity index (χ1n) is 6.57. The number of fused-ring (bicyclic) bond motifs is 1. The Kier molecular flexibility index (Phi) is 2.93. The van der Waals surface area contributed by atoms with Gasteiger partial charge in [-0.15, -0.1) is 0 Å². The Hall–Kier alpha value is -1.09. The number of aliphatic hydroxyl groups is 2. The summed E-state index contributed by atoms with van der Waals surface area (Å²) in [6.45, 7) is 7.44. The van der Waals surface area contributed by atoms with Crippen LogP contribution in [-0.4, -0.2) is 21.6 Å². The van der Waals surface area contributed by atoms with Gasteiger partial charge in [0.15, 0.2) is 5.78 Å². The van der Waals surface area contributed by atoms with Gasteiger partial charge in [0.1, 0.15) is 5.76 Å². The predicted molar refractivity (Wildman–Crippen MR) is 70.1 cm³/mol. The molecule has 2 aliphatic carbocycles. The van der Waals surface area contributed by atoms with Crippen molar-refractivity contribution in [1.82, 2.24) is 0 Å². The monoisotopic (exact) mass is 250 g/mol. The molecular formula is C15H22O3. The first-order chi connectivity index (χ1) is 8.19. The van der Waals surface area contributed by atoms with Crippen molar-refractivity contribution < 1.29 is 15.0 Å². The van der Waals surface area contributed by atoms with Crippen LogP contribution in [-0.2, 0) is 4.79 Å². The van der Waals surface area contributed by atoms with Gasteiger partial charge >= 0.3 is 0 Å². The lowest BCUT2D eigenvalue weighted by Crippen LogP contribution is -2.53. The van der Waals surface area contributed by atoms with Gasteiger partial charge in [-0.1, -0.05) is 19.9 Å². The molecule has 0 saturated heterocycles. The summed E-state index contributed by atoms with van der Waals surface area (Å²) in [7, 11) is 0. The maximum absolute atomic E-state index is 12.2. The van der Waals surface area contributed by atoms with Gasteiger partial charge in [-0.3, -0.25) is 4.79 Å². The number of rotatable bonds is 1. The van der Waals surface area contributed by atoms with Crippen molar-refractivity contribution in [2.75, 3.05) is 0 Å². The minimum atomic E-state index is -1.09. The number of carbonyl (C=O) groups is 1. The molecule has 3 heteroatoms. The molecule has 0 aromatic heterocycles. The van der Waals surface area contributed by atoms with Crippen LogP contribution in [0, 0.1) is 17.3 Å². The fourth-order valence-corrected chi connectivity index (χ4v) is 3.76. The summed E-state index contributed by atoms with van der Waals surface area (Å²) in [6, 6.07) is 0. The van der Waals surface area contributed by atoms with Crippen LogP contribution >= 0.6 is 0 Å². The Morgan fingerprint density at radius 1 is 1.44 bits per heavy atom.